The number of carbonyl (C=O) groups is 3. The predicted octanol–water partition coefficient (Wildman–Crippen LogP) is 2.15. The second kappa shape index (κ2) is 10.2. The van der Waals surface area contributed by atoms with E-state index in [1.165, 1.54) is 4.88 Å². The molecule has 0 radical (unpaired) electrons. The molecule has 1 aliphatic rings. The molecule has 7 heteroatoms. The third kappa shape index (κ3) is 5.90. The molecule has 2 aromatic rings. The van der Waals surface area contributed by atoms with Crippen molar-refractivity contribution in [1.29, 1.82) is 0 Å². The number of benzene rings is 1. The van der Waals surface area contributed by atoms with Gasteiger partial charge in [-0.3, -0.25) is 14.4 Å². The molecule has 3 N–H and O–H groups in total. The molecule has 1 aliphatic carbocycles. The van der Waals surface area contributed by atoms with Crippen LogP contribution in [0.25, 0.3) is 0 Å². The molecule has 3 rings (SSSR count). The largest absolute Gasteiger partial charge is 0.354 e. The van der Waals surface area contributed by atoms with Gasteiger partial charge in [-0.05, 0) is 36.3 Å². The van der Waals surface area contributed by atoms with Crippen LogP contribution in [0.5, 0.6) is 0 Å². The molecule has 1 aromatic heterocycles. The lowest BCUT2D eigenvalue weighted by Crippen LogP contribution is -2.46. The van der Waals surface area contributed by atoms with E-state index in [0.717, 1.165) is 31.2 Å². The van der Waals surface area contributed by atoms with Gasteiger partial charge in [0.1, 0.15) is 0 Å². The van der Waals surface area contributed by atoms with Crippen molar-refractivity contribution in [3.05, 3.63) is 58.3 Å². The fourth-order valence-corrected chi connectivity index (χ4v) is 4.75. The molecule has 3 amide bonds. The van der Waals surface area contributed by atoms with Crippen molar-refractivity contribution < 1.29 is 14.4 Å². The first-order valence-corrected chi connectivity index (χ1v) is 10.9. The minimum absolute atomic E-state index is 0.00263. The van der Waals surface area contributed by atoms with Crippen LogP contribution in [0.4, 0.5) is 0 Å². The summed E-state index contributed by atoms with van der Waals surface area (Å²) in [4.78, 5) is 37.3. The first-order valence-electron chi connectivity index (χ1n) is 10.00. The molecule has 1 saturated carbocycles. The third-order valence-corrected chi connectivity index (χ3v) is 6.50. The smallest absolute Gasteiger partial charge is 0.309 e. The van der Waals surface area contributed by atoms with Gasteiger partial charge >= 0.3 is 11.8 Å². The number of hydrogen-bond acceptors (Lipinski definition) is 4. The van der Waals surface area contributed by atoms with Crippen LogP contribution in [0.3, 0.4) is 0 Å². The fraction of sp³-hybridized carbons (Fsp3) is 0.409. The summed E-state index contributed by atoms with van der Waals surface area (Å²) >= 11 is 1.72. The van der Waals surface area contributed by atoms with Crippen molar-refractivity contribution >= 4 is 29.1 Å². The van der Waals surface area contributed by atoms with Gasteiger partial charge in [-0.15, -0.1) is 11.3 Å². The topological polar surface area (TPSA) is 87.3 Å². The predicted molar refractivity (Wildman–Crippen MR) is 114 cm³/mol. The second-order valence-corrected chi connectivity index (χ2v) is 8.36. The molecule has 1 fully saturated rings. The van der Waals surface area contributed by atoms with E-state index < -0.39 is 11.8 Å². The summed E-state index contributed by atoms with van der Waals surface area (Å²) in [6, 6.07) is 13.9. The van der Waals surface area contributed by atoms with Crippen molar-refractivity contribution in [2.45, 2.75) is 37.5 Å². The summed E-state index contributed by atoms with van der Waals surface area (Å²) < 4.78 is 0. The maximum absolute atomic E-state index is 12.2. The van der Waals surface area contributed by atoms with Crippen molar-refractivity contribution in [3.8, 4) is 0 Å². The van der Waals surface area contributed by atoms with E-state index in [9.17, 15) is 14.4 Å². The Morgan fingerprint density at radius 3 is 2.31 bits per heavy atom. The van der Waals surface area contributed by atoms with Gasteiger partial charge in [0.2, 0.25) is 5.91 Å². The molecule has 0 bridgehead atoms. The summed E-state index contributed by atoms with van der Waals surface area (Å²) in [7, 11) is 0. The van der Waals surface area contributed by atoms with E-state index in [1.54, 1.807) is 11.3 Å². The van der Waals surface area contributed by atoms with E-state index >= 15 is 0 Å². The number of rotatable bonds is 8. The highest BCUT2D eigenvalue weighted by Crippen LogP contribution is 2.42. The van der Waals surface area contributed by atoms with Gasteiger partial charge in [0.15, 0.2) is 0 Å². The number of nitrogens with one attached hydrogen (secondary N) is 3. The van der Waals surface area contributed by atoms with Crippen molar-refractivity contribution in [2.75, 3.05) is 19.6 Å². The fourth-order valence-electron chi connectivity index (χ4n) is 3.76. The maximum Gasteiger partial charge on any atom is 0.309 e. The molecule has 1 heterocycles. The van der Waals surface area contributed by atoms with E-state index in [-0.39, 0.29) is 17.9 Å². The normalized spacial score (nSPS) is 14.9. The van der Waals surface area contributed by atoms with Gasteiger partial charge in [0.25, 0.3) is 0 Å². The van der Waals surface area contributed by atoms with E-state index in [4.69, 9.17) is 0 Å². The molecule has 0 saturated heterocycles. The van der Waals surface area contributed by atoms with Gasteiger partial charge in [0.05, 0.1) is 6.54 Å². The average Bonchev–Trinajstić information content (AvgIpc) is 3.44. The summed E-state index contributed by atoms with van der Waals surface area (Å²) in [5.41, 5.74) is 1.09. The van der Waals surface area contributed by atoms with Gasteiger partial charge in [-0.1, -0.05) is 49.2 Å². The van der Waals surface area contributed by atoms with E-state index in [1.807, 2.05) is 36.4 Å². The first kappa shape index (κ1) is 21.0. The van der Waals surface area contributed by atoms with Gasteiger partial charge < -0.3 is 16.0 Å². The first-order chi connectivity index (χ1) is 14.1. The van der Waals surface area contributed by atoms with Crippen molar-refractivity contribution in [3.63, 3.8) is 0 Å². The van der Waals surface area contributed by atoms with Crippen LogP contribution in [0.2, 0.25) is 0 Å². The zero-order valence-electron chi connectivity index (χ0n) is 16.4. The SMILES string of the molecule is O=C(CNC(=O)C(=O)NCCc1ccccc1)NCC1(c2cccs2)CCCC1. The van der Waals surface area contributed by atoms with Gasteiger partial charge in [-0.2, -0.15) is 0 Å². The molecule has 6 nitrogen and oxygen atoms in total. The lowest BCUT2D eigenvalue weighted by Gasteiger charge is -2.28. The number of thiophene rings is 1. The Morgan fingerprint density at radius 2 is 1.62 bits per heavy atom. The van der Waals surface area contributed by atoms with E-state index in [2.05, 4.69) is 27.4 Å². The Kier molecular flexibility index (Phi) is 7.41. The molecule has 29 heavy (non-hydrogen) atoms. The van der Waals surface area contributed by atoms with Crippen LogP contribution in [0.1, 0.15) is 36.1 Å². The zero-order valence-corrected chi connectivity index (χ0v) is 17.2. The average molecular weight is 414 g/mol. The van der Waals surface area contributed by atoms with Crippen LogP contribution in [0, 0.1) is 0 Å². The molecule has 0 atom stereocenters. The zero-order chi connectivity index (χ0) is 20.5. The summed E-state index contributed by atoms with van der Waals surface area (Å²) in [6.45, 7) is 0.725. The summed E-state index contributed by atoms with van der Waals surface area (Å²) in [5.74, 6) is -1.79. The highest BCUT2D eigenvalue weighted by Gasteiger charge is 2.36. The van der Waals surface area contributed by atoms with Gasteiger partial charge in [-0.25, -0.2) is 0 Å². The van der Waals surface area contributed by atoms with Crippen molar-refractivity contribution in [1.82, 2.24) is 16.0 Å². The molecular formula is C22H27N3O3S. The lowest BCUT2D eigenvalue weighted by atomic mass is 9.84. The van der Waals surface area contributed by atoms with Crippen LogP contribution >= 0.6 is 11.3 Å². The minimum Gasteiger partial charge on any atom is -0.354 e. The Bertz CT molecular complexity index is 815. The van der Waals surface area contributed by atoms with Gasteiger partial charge in [0, 0.05) is 23.4 Å². The Morgan fingerprint density at radius 1 is 0.897 bits per heavy atom. The highest BCUT2D eigenvalue weighted by molar-refractivity contribution is 7.10. The van der Waals surface area contributed by atoms with Crippen molar-refractivity contribution in [2.24, 2.45) is 0 Å². The van der Waals surface area contributed by atoms with Crippen LogP contribution in [-0.4, -0.2) is 37.4 Å². The standard InChI is InChI=1S/C22H27N3O3S/c26-19(25-16-22(11-4-5-12-22)18-9-6-14-29-18)15-24-21(28)20(27)23-13-10-17-7-2-1-3-8-17/h1-3,6-9,14H,4-5,10-13,15-16H2,(H,23,27)(H,24,28)(H,25,26). The van der Waals surface area contributed by atoms with Crippen LogP contribution < -0.4 is 16.0 Å². The molecule has 0 unspecified atom stereocenters. The molecule has 1 aromatic carbocycles. The van der Waals surface area contributed by atoms with Crippen LogP contribution in [-0.2, 0) is 26.2 Å². The number of hydrogen-bond donors (Lipinski definition) is 3. The summed E-state index contributed by atoms with van der Waals surface area (Å²) in [6.07, 6.45) is 5.08. The molecule has 154 valence electrons. The Hall–Kier alpha value is -2.67. The Balaban J connectivity index is 1.37. The minimum atomic E-state index is -0.790. The molecular weight excluding hydrogens is 386 g/mol. The molecule has 0 spiro atoms. The monoisotopic (exact) mass is 413 g/mol. The molecule has 0 aliphatic heterocycles. The lowest BCUT2D eigenvalue weighted by molar-refractivity contribution is -0.139. The third-order valence-electron chi connectivity index (χ3n) is 5.39. The highest BCUT2D eigenvalue weighted by atomic mass is 32.1. The van der Waals surface area contributed by atoms with Crippen LogP contribution in [0.15, 0.2) is 47.8 Å². The number of amides is 3. The van der Waals surface area contributed by atoms with E-state index in [0.29, 0.717) is 19.5 Å². The number of carbonyl (C=O) groups excluding carboxylic acids is 3. The second-order valence-electron chi connectivity index (χ2n) is 7.42. The Labute approximate surface area is 175 Å². The quantitative estimate of drug-likeness (QED) is 0.580. The maximum atomic E-state index is 12.2. The summed E-state index contributed by atoms with van der Waals surface area (Å²) in [5, 5.41) is 9.97.